The number of nitrogens with one attached hydrogen (secondary N) is 1. The molecule has 0 heterocycles. The molecule has 4 nitrogen and oxygen atoms in total. The van der Waals surface area contributed by atoms with Crippen LogP contribution < -0.4 is 10.1 Å². The summed E-state index contributed by atoms with van der Waals surface area (Å²) < 4.78 is 20.2. The second kappa shape index (κ2) is 10.9. The quantitative estimate of drug-likeness (QED) is 0.280. The third-order valence-corrected chi connectivity index (χ3v) is 5.39. The maximum absolute atomic E-state index is 13.6. The summed E-state index contributed by atoms with van der Waals surface area (Å²) in [4.78, 5) is 12.6. The van der Waals surface area contributed by atoms with Gasteiger partial charge in [0.1, 0.15) is 23.2 Å². The summed E-state index contributed by atoms with van der Waals surface area (Å²) in [7, 11) is 0. The van der Waals surface area contributed by atoms with E-state index >= 15 is 0 Å². The molecule has 1 amide bonds. The Bertz CT molecular complexity index is 1200. The highest BCUT2D eigenvalue weighted by Crippen LogP contribution is 2.32. The molecule has 0 saturated carbocycles. The Kier molecular flexibility index (Phi) is 8.04. The third-order valence-electron chi connectivity index (χ3n) is 4.52. The van der Waals surface area contributed by atoms with Gasteiger partial charge in [-0.1, -0.05) is 39.7 Å². The van der Waals surface area contributed by atoms with Gasteiger partial charge in [0.25, 0.3) is 5.91 Å². The van der Waals surface area contributed by atoms with Crippen LogP contribution in [0.2, 0.25) is 5.02 Å². The number of halogens is 3. The summed E-state index contributed by atoms with van der Waals surface area (Å²) in [5, 5.41) is 12.6. The highest BCUT2D eigenvalue weighted by Gasteiger charge is 2.14. The van der Waals surface area contributed by atoms with E-state index in [1.807, 2.05) is 19.1 Å². The molecule has 0 atom stereocenters. The molecule has 32 heavy (non-hydrogen) atoms. The van der Waals surface area contributed by atoms with Crippen LogP contribution in [0.25, 0.3) is 6.08 Å². The monoisotopic (exact) mass is 512 g/mol. The number of rotatable bonds is 7. The number of anilines is 1. The van der Waals surface area contributed by atoms with Gasteiger partial charge in [-0.3, -0.25) is 4.79 Å². The summed E-state index contributed by atoms with van der Waals surface area (Å²) in [5.74, 6) is -0.347. The molecular weight excluding hydrogens is 495 g/mol. The van der Waals surface area contributed by atoms with Crippen molar-refractivity contribution in [2.24, 2.45) is 0 Å². The lowest BCUT2D eigenvalue weighted by Gasteiger charge is -2.14. The van der Waals surface area contributed by atoms with Gasteiger partial charge in [0, 0.05) is 27.2 Å². The van der Waals surface area contributed by atoms with Gasteiger partial charge in [-0.2, -0.15) is 5.26 Å². The van der Waals surface area contributed by atoms with E-state index in [0.29, 0.717) is 40.6 Å². The topological polar surface area (TPSA) is 62.1 Å². The van der Waals surface area contributed by atoms with Crippen molar-refractivity contribution in [2.75, 3.05) is 11.9 Å². The Morgan fingerprint density at radius 1 is 1.22 bits per heavy atom. The molecule has 0 aliphatic rings. The van der Waals surface area contributed by atoms with Crippen molar-refractivity contribution in [2.45, 2.75) is 13.3 Å². The molecule has 0 aliphatic heterocycles. The van der Waals surface area contributed by atoms with Crippen molar-refractivity contribution in [3.8, 4) is 11.8 Å². The van der Waals surface area contributed by atoms with E-state index in [9.17, 15) is 14.4 Å². The zero-order valence-electron chi connectivity index (χ0n) is 17.2. The van der Waals surface area contributed by atoms with Crippen LogP contribution in [-0.2, 0) is 11.2 Å². The molecule has 3 aromatic rings. The van der Waals surface area contributed by atoms with E-state index in [1.54, 1.807) is 42.5 Å². The number of nitrogens with zero attached hydrogens (tertiary/aromatic N) is 1. The maximum Gasteiger partial charge on any atom is 0.266 e. The number of nitriles is 1. The number of amides is 1. The molecule has 0 spiro atoms. The molecule has 0 aromatic heterocycles. The molecule has 0 fully saturated rings. The first-order valence-corrected chi connectivity index (χ1v) is 10.9. The van der Waals surface area contributed by atoms with Gasteiger partial charge in [0.15, 0.2) is 0 Å². The van der Waals surface area contributed by atoms with Crippen molar-refractivity contribution in [3.63, 3.8) is 0 Å². The maximum atomic E-state index is 13.6. The summed E-state index contributed by atoms with van der Waals surface area (Å²) in [6.45, 7) is 2.24. The van der Waals surface area contributed by atoms with E-state index in [4.69, 9.17) is 16.3 Å². The first-order valence-electron chi connectivity index (χ1n) is 9.78. The molecule has 162 valence electrons. The summed E-state index contributed by atoms with van der Waals surface area (Å²) in [6.07, 6.45) is 1.83. The Hall–Kier alpha value is -3.14. The van der Waals surface area contributed by atoms with Crippen LogP contribution in [0.15, 0.2) is 70.7 Å². The molecule has 1 N–H and O–H groups in total. The van der Waals surface area contributed by atoms with Crippen LogP contribution in [0.1, 0.15) is 23.6 Å². The summed E-state index contributed by atoms with van der Waals surface area (Å²) in [5.41, 5.74) is 2.49. The van der Waals surface area contributed by atoms with Crippen molar-refractivity contribution in [3.05, 3.63) is 98.2 Å². The minimum Gasteiger partial charge on any atom is -0.494 e. The fourth-order valence-electron chi connectivity index (χ4n) is 3.07. The van der Waals surface area contributed by atoms with Gasteiger partial charge >= 0.3 is 0 Å². The predicted octanol–water partition coefficient (Wildman–Crippen LogP) is 6.78. The Labute approximate surface area is 199 Å². The van der Waals surface area contributed by atoms with E-state index in [-0.39, 0.29) is 11.4 Å². The zero-order valence-corrected chi connectivity index (χ0v) is 19.5. The van der Waals surface area contributed by atoms with Crippen LogP contribution in [0.3, 0.4) is 0 Å². The Balaban J connectivity index is 1.90. The summed E-state index contributed by atoms with van der Waals surface area (Å²) in [6, 6.07) is 18.6. The molecule has 7 heteroatoms. The molecule has 0 unspecified atom stereocenters. The van der Waals surface area contributed by atoms with E-state index < -0.39 is 5.91 Å². The minimum absolute atomic E-state index is 0.0793. The molecule has 3 rings (SSSR count). The number of carbonyl (C=O) groups is 1. The average Bonchev–Trinajstić information content (AvgIpc) is 2.76. The molecule has 3 aromatic carbocycles. The van der Waals surface area contributed by atoms with Crippen LogP contribution in [-0.4, -0.2) is 12.5 Å². The molecule has 0 saturated heterocycles. The first-order chi connectivity index (χ1) is 15.4. The molecule has 0 bridgehead atoms. The average molecular weight is 514 g/mol. The second-order valence-corrected chi connectivity index (χ2v) is 8.17. The van der Waals surface area contributed by atoms with Gasteiger partial charge in [-0.25, -0.2) is 4.39 Å². The fourth-order valence-corrected chi connectivity index (χ4v) is 3.62. The van der Waals surface area contributed by atoms with Crippen molar-refractivity contribution >= 4 is 45.2 Å². The lowest BCUT2D eigenvalue weighted by Crippen LogP contribution is -2.13. The van der Waals surface area contributed by atoms with Gasteiger partial charge in [0.05, 0.1) is 6.61 Å². The fraction of sp³-hybridized carbons (Fsp3) is 0.120. The lowest BCUT2D eigenvalue weighted by molar-refractivity contribution is -0.112. The number of benzene rings is 3. The van der Waals surface area contributed by atoms with Crippen molar-refractivity contribution in [1.82, 2.24) is 0 Å². The summed E-state index contributed by atoms with van der Waals surface area (Å²) >= 11 is 9.86. The number of hydrogen-bond acceptors (Lipinski definition) is 3. The zero-order chi connectivity index (χ0) is 23.1. The number of hydrogen-bond donors (Lipinski definition) is 1. The number of ether oxygens (including phenoxy) is 1. The van der Waals surface area contributed by atoms with Gasteiger partial charge in [-0.15, -0.1) is 0 Å². The molecular formula is C25H19BrClFN2O2. The third kappa shape index (κ3) is 6.19. The van der Waals surface area contributed by atoms with Crippen molar-refractivity contribution < 1.29 is 13.9 Å². The predicted molar refractivity (Wildman–Crippen MR) is 128 cm³/mol. The molecule has 0 aliphatic carbocycles. The number of carbonyl (C=O) groups excluding carboxylic acids is 1. The second-order valence-electron chi connectivity index (χ2n) is 6.85. The van der Waals surface area contributed by atoms with Crippen LogP contribution in [0.4, 0.5) is 10.1 Å². The van der Waals surface area contributed by atoms with E-state index in [1.165, 1.54) is 18.2 Å². The van der Waals surface area contributed by atoms with Gasteiger partial charge in [0.2, 0.25) is 0 Å². The smallest absolute Gasteiger partial charge is 0.266 e. The minimum atomic E-state index is -0.534. The Morgan fingerprint density at radius 3 is 2.62 bits per heavy atom. The highest BCUT2D eigenvalue weighted by atomic mass is 79.9. The van der Waals surface area contributed by atoms with Gasteiger partial charge in [-0.05, 0) is 72.7 Å². The van der Waals surface area contributed by atoms with Crippen LogP contribution >= 0.6 is 27.5 Å². The SMILES string of the molecule is CCOc1cc(/C=C(\C#N)C(=O)Nc2ccc(Br)cc2)cc(Cl)c1Cc1cccc(F)c1. The molecule has 0 radical (unpaired) electrons. The van der Waals surface area contributed by atoms with Gasteiger partial charge < -0.3 is 10.1 Å². The standard InChI is InChI=1S/C25H19BrClFN2O2/c1-2-32-24-14-17(13-23(27)22(24)12-16-4-3-5-20(28)11-16)10-18(15-29)25(31)30-21-8-6-19(26)7-9-21/h3-11,13-14H,2,12H2,1H3,(H,30,31)/b18-10+. The van der Waals surface area contributed by atoms with Crippen molar-refractivity contribution in [1.29, 1.82) is 5.26 Å². The van der Waals surface area contributed by atoms with E-state index in [0.717, 1.165) is 10.0 Å². The largest absolute Gasteiger partial charge is 0.494 e. The van der Waals surface area contributed by atoms with Crippen LogP contribution in [0.5, 0.6) is 5.75 Å². The highest BCUT2D eigenvalue weighted by molar-refractivity contribution is 9.10. The first kappa shape index (κ1) is 23.5. The Morgan fingerprint density at radius 2 is 1.97 bits per heavy atom. The van der Waals surface area contributed by atoms with Crippen LogP contribution in [0, 0.1) is 17.1 Å². The lowest BCUT2D eigenvalue weighted by atomic mass is 10.0. The normalized spacial score (nSPS) is 11.0. The van der Waals surface area contributed by atoms with E-state index in [2.05, 4.69) is 21.2 Å².